The summed E-state index contributed by atoms with van der Waals surface area (Å²) in [6.45, 7) is 2.30. The van der Waals surface area contributed by atoms with Crippen LogP contribution in [0.3, 0.4) is 0 Å². The average Bonchev–Trinajstić information content (AvgIpc) is 3.04. The molecule has 0 amide bonds. The number of hydrogen-bond acceptors (Lipinski definition) is 3. The lowest BCUT2D eigenvalue weighted by Crippen LogP contribution is -2.19. The molecule has 1 aromatic carbocycles. The second-order valence-corrected chi connectivity index (χ2v) is 8.54. The molecule has 1 heterocycles. The summed E-state index contributed by atoms with van der Waals surface area (Å²) in [5.74, 6) is 0.206. The smallest absolute Gasteiger partial charge is 0.355 e. The summed E-state index contributed by atoms with van der Waals surface area (Å²) in [4.78, 5) is 28.7. The van der Waals surface area contributed by atoms with Crippen LogP contribution in [0.2, 0.25) is 5.02 Å². The number of aromatic amines is 1. The van der Waals surface area contributed by atoms with E-state index in [2.05, 4.69) is 4.98 Å². The highest BCUT2D eigenvalue weighted by atomic mass is 35.5. The summed E-state index contributed by atoms with van der Waals surface area (Å²) in [5, 5.41) is 0.680. The van der Waals surface area contributed by atoms with Crippen LogP contribution >= 0.6 is 11.6 Å². The van der Waals surface area contributed by atoms with Crippen LogP contribution in [0.4, 0.5) is 0 Å². The number of ether oxygens (including phenoxy) is 1. The van der Waals surface area contributed by atoms with E-state index in [0.29, 0.717) is 47.2 Å². The summed E-state index contributed by atoms with van der Waals surface area (Å²) in [6, 6.07) is 7.65. The first-order valence-electron chi connectivity index (χ1n) is 10.2. The van der Waals surface area contributed by atoms with Gasteiger partial charge in [-0.1, -0.05) is 49.1 Å². The number of rotatable bonds is 4. The molecule has 1 saturated carbocycles. The lowest BCUT2D eigenvalue weighted by molar-refractivity contribution is 0.0403. The van der Waals surface area contributed by atoms with Crippen molar-refractivity contribution in [1.82, 2.24) is 4.98 Å². The standard InChI is InChI=1S/C23H26ClNO3/c1-14-21-19(11-16(12-20(21)26)17-9-5-6-10-18(17)24)25-22(14)23(27)28-13-15-7-3-2-4-8-15/h5-6,9-10,15-16,25H,2-4,7-8,11-13H2,1H3/t16-/m0/s1. The van der Waals surface area contributed by atoms with E-state index in [4.69, 9.17) is 16.3 Å². The van der Waals surface area contributed by atoms with Crippen molar-refractivity contribution >= 4 is 23.4 Å². The highest BCUT2D eigenvalue weighted by molar-refractivity contribution is 6.31. The number of carbonyl (C=O) groups excluding carboxylic acids is 2. The third kappa shape index (κ3) is 3.75. The van der Waals surface area contributed by atoms with Crippen molar-refractivity contribution in [3.63, 3.8) is 0 Å². The van der Waals surface area contributed by atoms with Crippen molar-refractivity contribution in [2.45, 2.75) is 57.8 Å². The Morgan fingerprint density at radius 2 is 1.93 bits per heavy atom. The highest BCUT2D eigenvalue weighted by Crippen LogP contribution is 2.37. The summed E-state index contributed by atoms with van der Waals surface area (Å²) in [7, 11) is 0. The van der Waals surface area contributed by atoms with Crippen molar-refractivity contribution in [3.8, 4) is 0 Å². The number of hydrogen-bond donors (Lipinski definition) is 1. The lowest BCUT2D eigenvalue weighted by Gasteiger charge is -2.22. The minimum absolute atomic E-state index is 0.0258. The number of H-pyrrole nitrogens is 1. The number of esters is 1. The Bertz CT molecular complexity index is 895. The number of nitrogens with one attached hydrogen (secondary N) is 1. The van der Waals surface area contributed by atoms with Gasteiger partial charge in [0, 0.05) is 22.7 Å². The molecule has 1 atom stereocenters. The second kappa shape index (κ2) is 8.12. The van der Waals surface area contributed by atoms with Crippen LogP contribution in [0, 0.1) is 12.8 Å². The molecule has 0 saturated heterocycles. The molecule has 0 spiro atoms. The molecule has 5 heteroatoms. The molecule has 2 aliphatic carbocycles. The Kier molecular flexibility index (Phi) is 5.58. The van der Waals surface area contributed by atoms with E-state index in [1.54, 1.807) is 0 Å². The number of ketones is 1. The second-order valence-electron chi connectivity index (χ2n) is 8.13. The van der Waals surface area contributed by atoms with Gasteiger partial charge in [0.05, 0.1) is 6.61 Å². The van der Waals surface area contributed by atoms with Gasteiger partial charge in [0.15, 0.2) is 5.78 Å². The minimum Gasteiger partial charge on any atom is -0.461 e. The molecular weight excluding hydrogens is 374 g/mol. The van der Waals surface area contributed by atoms with Crippen molar-refractivity contribution in [1.29, 1.82) is 0 Å². The summed E-state index contributed by atoms with van der Waals surface area (Å²) in [5.41, 5.74) is 3.60. The van der Waals surface area contributed by atoms with Gasteiger partial charge in [0.2, 0.25) is 0 Å². The number of fused-ring (bicyclic) bond motifs is 1. The Morgan fingerprint density at radius 3 is 2.68 bits per heavy atom. The molecule has 1 N–H and O–H groups in total. The van der Waals surface area contributed by atoms with E-state index in [-0.39, 0.29) is 17.7 Å². The Morgan fingerprint density at radius 1 is 1.18 bits per heavy atom. The van der Waals surface area contributed by atoms with E-state index in [1.165, 1.54) is 19.3 Å². The van der Waals surface area contributed by atoms with Crippen LogP contribution < -0.4 is 0 Å². The fourth-order valence-corrected chi connectivity index (χ4v) is 4.97. The molecule has 0 aliphatic heterocycles. The van der Waals surface area contributed by atoms with Gasteiger partial charge in [0.25, 0.3) is 0 Å². The third-order valence-electron chi connectivity index (χ3n) is 6.21. The highest BCUT2D eigenvalue weighted by Gasteiger charge is 2.33. The van der Waals surface area contributed by atoms with Crippen molar-refractivity contribution in [2.75, 3.05) is 6.61 Å². The van der Waals surface area contributed by atoms with Gasteiger partial charge in [-0.3, -0.25) is 4.79 Å². The molecule has 4 nitrogen and oxygen atoms in total. The van der Waals surface area contributed by atoms with Gasteiger partial charge in [0.1, 0.15) is 5.69 Å². The van der Waals surface area contributed by atoms with Gasteiger partial charge < -0.3 is 9.72 Å². The number of Topliss-reactive ketones (excluding diaryl/α,β-unsaturated/α-hetero) is 1. The largest absolute Gasteiger partial charge is 0.461 e. The summed E-state index contributed by atoms with van der Waals surface area (Å²) >= 11 is 6.34. The zero-order valence-corrected chi connectivity index (χ0v) is 17.0. The van der Waals surface area contributed by atoms with Gasteiger partial charge >= 0.3 is 5.97 Å². The number of carbonyl (C=O) groups is 2. The van der Waals surface area contributed by atoms with Gasteiger partial charge in [-0.25, -0.2) is 4.79 Å². The molecule has 2 aliphatic rings. The predicted molar refractivity (Wildman–Crippen MR) is 109 cm³/mol. The molecule has 0 unspecified atom stereocenters. The molecular formula is C23H26ClNO3. The molecule has 4 rings (SSSR count). The monoisotopic (exact) mass is 399 g/mol. The van der Waals surface area contributed by atoms with Crippen LogP contribution in [0.5, 0.6) is 0 Å². The molecule has 28 heavy (non-hydrogen) atoms. The maximum Gasteiger partial charge on any atom is 0.355 e. The van der Waals surface area contributed by atoms with E-state index in [0.717, 1.165) is 24.1 Å². The first kappa shape index (κ1) is 19.3. The summed E-state index contributed by atoms with van der Waals surface area (Å²) in [6.07, 6.45) is 7.05. The Balaban J connectivity index is 1.52. The fraction of sp³-hybridized carbons (Fsp3) is 0.478. The Labute approximate surface area is 170 Å². The van der Waals surface area contributed by atoms with Crippen LogP contribution in [-0.4, -0.2) is 23.3 Å². The third-order valence-corrected chi connectivity index (χ3v) is 6.56. The molecule has 1 aromatic heterocycles. The van der Waals surface area contributed by atoms with Gasteiger partial charge in [-0.15, -0.1) is 0 Å². The number of aromatic nitrogens is 1. The lowest BCUT2D eigenvalue weighted by atomic mass is 9.81. The molecule has 2 aromatic rings. The van der Waals surface area contributed by atoms with Crippen LogP contribution in [-0.2, 0) is 11.2 Å². The number of benzene rings is 1. The summed E-state index contributed by atoms with van der Waals surface area (Å²) < 4.78 is 5.59. The maximum atomic E-state index is 12.8. The van der Waals surface area contributed by atoms with E-state index < -0.39 is 0 Å². The zero-order valence-electron chi connectivity index (χ0n) is 16.2. The van der Waals surface area contributed by atoms with Crippen LogP contribution in [0.25, 0.3) is 0 Å². The first-order valence-corrected chi connectivity index (χ1v) is 10.6. The quantitative estimate of drug-likeness (QED) is 0.678. The predicted octanol–water partition coefficient (Wildman–Crippen LogP) is 5.63. The van der Waals surface area contributed by atoms with E-state index in [1.807, 2.05) is 31.2 Å². The van der Waals surface area contributed by atoms with Crippen molar-refractivity contribution in [2.24, 2.45) is 5.92 Å². The van der Waals surface area contributed by atoms with Crippen molar-refractivity contribution < 1.29 is 14.3 Å². The number of halogens is 1. The minimum atomic E-state index is -0.348. The molecule has 0 radical (unpaired) electrons. The van der Waals surface area contributed by atoms with Crippen molar-refractivity contribution in [3.05, 3.63) is 57.4 Å². The zero-order chi connectivity index (χ0) is 19.7. The van der Waals surface area contributed by atoms with Gasteiger partial charge in [-0.2, -0.15) is 0 Å². The van der Waals surface area contributed by atoms with Gasteiger partial charge in [-0.05, 0) is 55.2 Å². The normalized spacial score (nSPS) is 20.1. The SMILES string of the molecule is Cc1c(C(=O)OCC2CCCCC2)[nH]c2c1C(=O)C[C@@H](c1ccccc1Cl)C2. The first-order chi connectivity index (χ1) is 13.5. The van der Waals surface area contributed by atoms with Crippen LogP contribution in [0.1, 0.15) is 82.1 Å². The van der Waals surface area contributed by atoms with E-state index in [9.17, 15) is 9.59 Å². The Hall–Kier alpha value is -2.07. The van der Waals surface area contributed by atoms with Crippen LogP contribution in [0.15, 0.2) is 24.3 Å². The molecule has 148 valence electrons. The molecule has 0 bridgehead atoms. The van der Waals surface area contributed by atoms with E-state index >= 15 is 0 Å². The maximum absolute atomic E-state index is 12.8. The fourth-order valence-electron chi connectivity index (χ4n) is 4.68. The molecule has 1 fully saturated rings. The average molecular weight is 400 g/mol. The topological polar surface area (TPSA) is 59.2 Å².